The third-order valence-electron chi connectivity index (χ3n) is 4.23. The zero-order valence-electron chi connectivity index (χ0n) is 14.6. The Hall–Kier alpha value is -1.44. The molecule has 1 heterocycles. The van der Waals surface area contributed by atoms with Crippen LogP contribution < -0.4 is 15.4 Å². The summed E-state index contributed by atoms with van der Waals surface area (Å²) in [5.41, 5.74) is 2.47. The van der Waals surface area contributed by atoms with Crippen LogP contribution in [-0.2, 0) is 14.8 Å². The standard InChI is InChI=1S/C17H27N3O3S/c1-12-9-13(2)17(14(3)10-12)24(22,23)20-8-6-16(21)19-11-15-5-4-7-18-15/h9-10,15,18,20H,4-8,11H2,1-3H3,(H,19,21). The zero-order valence-corrected chi connectivity index (χ0v) is 15.4. The van der Waals surface area contributed by atoms with E-state index >= 15 is 0 Å². The van der Waals surface area contributed by atoms with Crippen LogP contribution in [0.15, 0.2) is 17.0 Å². The predicted octanol–water partition coefficient (Wildman–Crippen LogP) is 1.15. The molecule has 1 unspecified atom stereocenters. The number of hydrogen-bond donors (Lipinski definition) is 3. The fraction of sp³-hybridized carbons (Fsp3) is 0.588. The van der Waals surface area contributed by atoms with Crippen LogP contribution in [0.25, 0.3) is 0 Å². The Morgan fingerprint density at radius 3 is 2.50 bits per heavy atom. The SMILES string of the molecule is Cc1cc(C)c(S(=O)(=O)NCCC(=O)NCC2CCCN2)c(C)c1. The molecule has 0 saturated carbocycles. The van der Waals surface area contributed by atoms with Crippen molar-refractivity contribution in [1.82, 2.24) is 15.4 Å². The number of carbonyl (C=O) groups excluding carboxylic acids is 1. The monoisotopic (exact) mass is 353 g/mol. The van der Waals surface area contributed by atoms with Crippen LogP contribution in [0, 0.1) is 20.8 Å². The maximum Gasteiger partial charge on any atom is 0.241 e. The summed E-state index contributed by atoms with van der Waals surface area (Å²) in [5.74, 6) is -0.135. The van der Waals surface area contributed by atoms with Crippen LogP contribution in [-0.4, -0.2) is 40.0 Å². The maximum atomic E-state index is 12.5. The molecule has 7 heteroatoms. The number of sulfonamides is 1. The first-order valence-electron chi connectivity index (χ1n) is 8.37. The van der Waals surface area contributed by atoms with Gasteiger partial charge in [-0.15, -0.1) is 0 Å². The van der Waals surface area contributed by atoms with Gasteiger partial charge in [0.05, 0.1) is 4.90 Å². The van der Waals surface area contributed by atoms with Gasteiger partial charge >= 0.3 is 0 Å². The van der Waals surface area contributed by atoms with Crippen molar-refractivity contribution in [2.45, 2.75) is 51.0 Å². The number of aryl methyl sites for hydroxylation is 3. The van der Waals surface area contributed by atoms with E-state index in [1.54, 1.807) is 13.8 Å². The van der Waals surface area contributed by atoms with Gasteiger partial charge in [-0.25, -0.2) is 13.1 Å². The molecule has 1 aliphatic rings. The predicted molar refractivity (Wildman–Crippen MR) is 94.5 cm³/mol. The van der Waals surface area contributed by atoms with E-state index in [-0.39, 0.29) is 18.9 Å². The first-order valence-corrected chi connectivity index (χ1v) is 9.85. The Morgan fingerprint density at radius 1 is 1.25 bits per heavy atom. The minimum absolute atomic E-state index is 0.0962. The van der Waals surface area contributed by atoms with E-state index in [4.69, 9.17) is 0 Å². The lowest BCUT2D eigenvalue weighted by Gasteiger charge is -2.14. The second kappa shape index (κ2) is 8.09. The van der Waals surface area contributed by atoms with Gasteiger partial charge in [0.2, 0.25) is 15.9 Å². The third kappa shape index (κ3) is 5.03. The summed E-state index contributed by atoms with van der Waals surface area (Å²) < 4.78 is 27.5. The highest BCUT2D eigenvalue weighted by Gasteiger charge is 2.20. The molecule has 0 bridgehead atoms. The smallest absolute Gasteiger partial charge is 0.241 e. The van der Waals surface area contributed by atoms with E-state index in [9.17, 15) is 13.2 Å². The summed E-state index contributed by atoms with van der Waals surface area (Å²) >= 11 is 0. The second-order valence-electron chi connectivity index (χ2n) is 6.47. The Kier molecular flexibility index (Phi) is 6.37. The largest absolute Gasteiger partial charge is 0.354 e. The number of rotatable bonds is 7. The summed E-state index contributed by atoms with van der Waals surface area (Å²) in [6, 6.07) is 4.04. The highest BCUT2D eigenvalue weighted by molar-refractivity contribution is 7.89. The summed E-state index contributed by atoms with van der Waals surface area (Å²) in [5, 5.41) is 6.15. The zero-order chi connectivity index (χ0) is 17.7. The molecule has 3 N–H and O–H groups in total. The van der Waals surface area contributed by atoms with Gasteiger partial charge in [-0.3, -0.25) is 4.79 Å². The molecule has 1 fully saturated rings. The highest BCUT2D eigenvalue weighted by atomic mass is 32.2. The number of carbonyl (C=O) groups is 1. The Labute approximate surface area is 144 Å². The number of hydrogen-bond acceptors (Lipinski definition) is 4. The molecule has 1 saturated heterocycles. The van der Waals surface area contributed by atoms with Crippen LogP contribution in [0.2, 0.25) is 0 Å². The second-order valence-corrected chi connectivity index (χ2v) is 8.18. The summed E-state index contributed by atoms with van der Waals surface area (Å²) in [7, 11) is -3.61. The summed E-state index contributed by atoms with van der Waals surface area (Å²) in [4.78, 5) is 12.1. The van der Waals surface area contributed by atoms with Gasteiger partial charge in [-0.1, -0.05) is 17.7 Å². The quantitative estimate of drug-likeness (QED) is 0.686. The molecule has 0 radical (unpaired) electrons. The van der Waals surface area contributed by atoms with Gasteiger partial charge in [-0.05, 0) is 51.3 Å². The van der Waals surface area contributed by atoms with Gasteiger partial charge in [0.25, 0.3) is 0 Å². The highest BCUT2D eigenvalue weighted by Crippen LogP contribution is 2.21. The van der Waals surface area contributed by atoms with Crippen molar-refractivity contribution in [2.24, 2.45) is 0 Å². The van der Waals surface area contributed by atoms with Gasteiger partial charge in [0.1, 0.15) is 0 Å². The van der Waals surface area contributed by atoms with E-state index in [1.807, 2.05) is 19.1 Å². The molecule has 1 aliphatic heterocycles. The summed E-state index contributed by atoms with van der Waals surface area (Å²) in [6.45, 7) is 7.20. The molecule has 1 atom stereocenters. The average molecular weight is 353 g/mol. The maximum absolute atomic E-state index is 12.5. The molecule has 24 heavy (non-hydrogen) atoms. The average Bonchev–Trinajstić information content (AvgIpc) is 2.96. The van der Waals surface area contributed by atoms with Crippen molar-refractivity contribution in [2.75, 3.05) is 19.6 Å². The van der Waals surface area contributed by atoms with Crippen LogP contribution in [0.1, 0.15) is 36.0 Å². The van der Waals surface area contributed by atoms with Crippen LogP contribution in [0.4, 0.5) is 0 Å². The first-order chi connectivity index (χ1) is 11.3. The van der Waals surface area contributed by atoms with Gasteiger partial charge in [0, 0.05) is 25.6 Å². The van der Waals surface area contributed by atoms with E-state index in [2.05, 4.69) is 15.4 Å². The minimum atomic E-state index is -3.61. The molecular formula is C17H27N3O3S. The first kappa shape index (κ1) is 18.9. The Bertz CT molecular complexity index is 672. The minimum Gasteiger partial charge on any atom is -0.354 e. The normalized spacial score (nSPS) is 17.9. The molecule has 2 rings (SSSR count). The number of amides is 1. The Morgan fingerprint density at radius 2 is 1.92 bits per heavy atom. The van der Waals surface area contributed by atoms with Crippen LogP contribution in [0.3, 0.4) is 0 Å². The van der Waals surface area contributed by atoms with E-state index in [0.29, 0.717) is 17.5 Å². The fourth-order valence-corrected chi connectivity index (χ4v) is 4.70. The molecule has 0 aromatic heterocycles. The molecule has 1 aromatic rings. The lowest BCUT2D eigenvalue weighted by molar-refractivity contribution is -0.121. The molecule has 134 valence electrons. The summed E-state index contributed by atoms with van der Waals surface area (Å²) in [6.07, 6.45) is 2.34. The lowest BCUT2D eigenvalue weighted by Crippen LogP contribution is -2.38. The van der Waals surface area contributed by atoms with Crippen molar-refractivity contribution >= 4 is 15.9 Å². The van der Waals surface area contributed by atoms with Crippen molar-refractivity contribution in [3.8, 4) is 0 Å². The fourth-order valence-electron chi connectivity index (χ4n) is 3.22. The lowest BCUT2D eigenvalue weighted by atomic mass is 10.1. The topological polar surface area (TPSA) is 87.3 Å². The van der Waals surface area contributed by atoms with Crippen molar-refractivity contribution in [1.29, 1.82) is 0 Å². The van der Waals surface area contributed by atoms with Gasteiger partial charge in [0.15, 0.2) is 0 Å². The number of benzene rings is 1. The molecule has 0 spiro atoms. The van der Waals surface area contributed by atoms with Gasteiger partial charge in [-0.2, -0.15) is 0 Å². The molecule has 6 nitrogen and oxygen atoms in total. The van der Waals surface area contributed by atoms with E-state index < -0.39 is 10.0 Å². The third-order valence-corrected chi connectivity index (χ3v) is 5.99. The number of nitrogens with one attached hydrogen (secondary N) is 3. The van der Waals surface area contributed by atoms with E-state index in [0.717, 1.165) is 36.1 Å². The van der Waals surface area contributed by atoms with Crippen LogP contribution >= 0.6 is 0 Å². The van der Waals surface area contributed by atoms with Crippen molar-refractivity contribution < 1.29 is 13.2 Å². The molecule has 1 aromatic carbocycles. The van der Waals surface area contributed by atoms with Crippen LogP contribution in [0.5, 0.6) is 0 Å². The molecule has 0 aliphatic carbocycles. The molecular weight excluding hydrogens is 326 g/mol. The van der Waals surface area contributed by atoms with Crippen molar-refractivity contribution in [3.63, 3.8) is 0 Å². The van der Waals surface area contributed by atoms with E-state index in [1.165, 1.54) is 0 Å². The molecule has 1 amide bonds. The van der Waals surface area contributed by atoms with Crippen molar-refractivity contribution in [3.05, 3.63) is 28.8 Å². The van der Waals surface area contributed by atoms with Gasteiger partial charge < -0.3 is 10.6 Å². The Balaban J connectivity index is 1.85.